The summed E-state index contributed by atoms with van der Waals surface area (Å²) in [4.78, 5) is 1.32. The predicted octanol–water partition coefficient (Wildman–Crippen LogP) is 3.99. The maximum absolute atomic E-state index is 9.68. The van der Waals surface area contributed by atoms with E-state index in [1.807, 2.05) is 6.07 Å². The van der Waals surface area contributed by atoms with Crippen LogP contribution in [0.5, 0.6) is 0 Å². The number of hydrogen-bond donors (Lipinski definition) is 2. The second kappa shape index (κ2) is 6.90. The topological polar surface area (TPSA) is 32.3 Å². The first-order valence-electron chi connectivity index (χ1n) is 6.85. The Morgan fingerprint density at radius 3 is 2.94 bits per heavy atom. The summed E-state index contributed by atoms with van der Waals surface area (Å²) in [5.41, 5.74) is 0. The van der Waals surface area contributed by atoms with Crippen LogP contribution in [-0.4, -0.2) is 17.8 Å². The number of hydrogen-bond acceptors (Lipinski definition) is 3. The molecule has 3 unspecified atom stereocenters. The van der Waals surface area contributed by atoms with E-state index in [1.54, 1.807) is 11.3 Å². The third-order valence-corrected chi connectivity index (χ3v) is 5.10. The maximum atomic E-state index is 9.68. The maximum Gasteiger partial charge on any atom is 0.0931 e. The molecule has 0 radical (unpaired) electrons. The van der Waals surface area contributed by atoms with Gasteiger partial charge >= 0.3 is 0 Å². The molecule has 2 rings (SSSR count). The minimum absolute atomic E-state index is 0.0817. The van der Waals surface area contributed by atoms with E-state index < -0.39 is 0 Å². The Labute approximate surface area is 118 Å². The van der Waals surface area contributed by atoms with E-state index >= 15 is 0 Å². The fourth-order valence-corrected chi connectivity index (χ4v) is 3.94. The fourth-order valence-electron chi connectivity index (χ4n) is 2.72. The highest BCUT2D eigenvalue weighted by atomic mass is 35.5. The highest BCUT2D eigenvalue weighted by Crippen LogP contribution is 2.29. The van der Waals surface area contributed by atoms with Crippen molar-refractivity contribution >= 4 is 22.9 Å². The fraction of sp³-hybridized carbons (Fsp3) is 0.714. The van der Waals surface area contributed by atoms with Crippen LogP contribution in [0.1, 0.15) is 49.9 Å². The molecule has 0 aromatic carbocycles. The number of halogens is 1. The van der Waals surface area contributed by atoms with Crippen LogP contribution in [0.3, 0.4) is 0 Å². The van der Waals surface area contributed by atoms with Crippen LogP contribution in [0.25, 0.3) is 0 Å². The highest BCUT2D eigenvalue weighted by molar-refractivity contribution is 7.16. The molecule has 0 amide bonds. The molecule has 102 valence electrons. The number of aliphatic hydroxyl groups excluding tert-OH is 1. The quantitative estimate of drug-likeness (QED) is 0.858. The number of nitrogens with one attached hydrogen (secondary N) is 1. The van der Waals surface area contributed by atoms with Gasteiger partial charge in [0.05, 0.1) is 10.4 Å². The zero-order chi connectivity index (χ0) is 13.0. The van der Waals surface area contributed by atoms with Crippen molar-refractivity contribution in [3.63, 3.8) is 0 Å². The molecule has 1 saturated carbocycles. The molecule has 0 saturated heterocycles. The molecule has 18 heavy (non-hydrogen) atoms. The standard InChI is InChI=1S/C14H22ClNOS/c1-2-12(13-6-7-14(15)18-13)16-9-10-4-3-5-11(17)8-10/h6-7,10-12,16-17H,2-5,8-9H2,1H3. The van der Waals surface area contributed by atoms with Crippen LogP contribution >= 0.6 is 22.9 Å². The summed E-state index contributed by atoms with van der Waals surface area (Å²) >= 11 is 7.65. The first-order chi connectivity index (χ1) is 8.69. The van der Waals surface area contributed by atoms with Crippen LogP contribution in [0.2, 0.25) is 4.34 Å². The minimum atomic E-state index is -0.0817. The Hall–Kier alpha value is -0.0900. The van der Waals surface area contributed by atoms with E-state index in [4.69, 9.17) is 11.6 Å². The first kappa shape index (κ1) is 14.3. The lowest BCUT2D eigenvalue weighted by molar-refractivity contribution is 0.0996. The summed E-state index contributed by atoms with van der Waals surface area (Å²) in [7, 11) is 0. The summed E-state index contributed by atoms with van der Waals surface area (Å²) in [6.45, 7) is 3.20. The molecule has 1 aliphatic carbocycles. The van der Waals surface area contributed by atoms with Crippen molar-refractivity contribution in [1.29, 1.82) is 0 Å². The molecule has 3 atom stereocenters. The third-order valence-electron chi connectivity index (χ3n) is 3.75. The molecule has 2 N–H and O–H groups in total. The molecular weight excluding hydrogens is 266 g/mol. The van der Waals surface area contributed by atoms with Crippen LogP contribution in [0, 0.1) is 5.92 Å². The van der Waals surface area contributed by atoms with E-state index in [0.717, 1.165) is 36.6 Å². The molecule has 1 aromatic rings. The molecule has 0 aliphatic heterocycles. The van der Waals surface area contributed by atoms with E-state index in [-0.39, 0.29) is 6.10 Å². The molecule has 0 bridgehead atoms. The first-order valence-corrected chi connectivity index (χ1v) is 8.05. The Kier molecular flexibility index (Phi) is 5.49. The Morgan fingerprint density at radius 1 is 1.50 bits per heavy atom. The van der Waals surface area contributed by atoms with Gasteiger partial charge in [-0.25, -0.2) is 0 Å². The van der Waals surface area contributed by atoms with Gasteiger partial charge in [-0.15, -0.1) is 11.3 Å². The lowest BCUT2D eigenvalue weighted by Gasteiger charge is -2.27. The summed E-state index contributed by atoms with van der Waals surface area (Å²) in [6, 6.07) is 4.49. The van der Waals surface area contributed by atoms with Gasteiger partial charge in [0.25, 0.3) is 0 Å². The van der Waals surface area contributed by atoms with Gasteiger partial charge < -0.3 is 10.4 Å². The summed E-state index contributed by atoms with van der Waals surface area (Å²) in [6.07, 6.45) is 5.33. The van der Waals surface area contributed by atoms with Gasteiger partial charge in [0.1, 0.15) is 0 Å². The largest absolute Gasteiger partial charge is 0.393 e. The van der Waals surface area contributed by atoms with Gasteiger partial charge in [-0.05, 0) is 50.3 Å². The van der Waals surface area contributed by atoms with Crippen LogP contribution < -0.4 is 5.32 Å². The Morgan fingerprint density at radius 2 is 2.33 bits per heavy atom. The van der Waals surface area contributed by atoms with E-state index in [0.29, 0.717) is 12.0 Å². The zero-order valence-electron chi connectivity index (χ0n) is 10.9. The molecule has 0 spiro atoms. The SMILES string of the molecule is CCC(NCC1CCCC(O)C1)c1ccc(Cl)s1. The molecule has 1 fully saturated rings. The van der Waals surface area contributed by atoms with Crippen LogP contribution in [0.15, 0.2) is 12.1 Å². The average molecular weight is 288 g/mol. The molecule has 4 heteroatoms. The summed E-state index contributed by atoms with van der Waals surface area (Å²) < 4.78 is 0.860. The van der Waals surface area contributed by atoms with Crippen LogP contribution in [0.4, 0.5) is 0 Å². The average Bonchev–Trinajstić information content (AvgIpc) is 2.77. The summed E-state index contributed by atoms with van der Waals surface area (Å²) in [5.74, 6) is 0.623. The van der Waals surface area contributed by atoms with Gasteiger partial charge in [0.2, 0.25) is 0 Å². The predicted molar refractivity (Wildman–Crippen MR) is 78.3 cm³/mol. The monoisotopic (exact) mass is 287 g/mol. The van der Waals surface area contributed by atoms with Crippen molar-refractivity contribution in [3.05, 3.63) is 21.3 Å². The third kappa shape index (κ3) is 3.95. The minimum Gasteiger partial charge on any atom is -0.393 e. The van der Waals surface area contributed by atoms with E-state index in [1.165, 1.54) is 11.3 Å². The van der Waals surface area contributed by atoms with Crippen molar-refractivity contribution < 1.29 is 5.11 Å². The molecule has 1 aromatic heterocycles. The lowest BCUT2D eigenvalue weighted by atomic mass is 9.87. The second-order valence-corrected chi connectivity index (χ2v) is 6.94. The Balaban J connectivity index is 1.83. The Bertz CT molecular complexity index is 368. The van der Waals surface area contributed by atoms with Gasteiger partial charge in [-0.3, -0.25) is 0 Å². The smallest absolute Gasteiger partial charge is 0.0931 e. The molecule has 2 nitrogen and oxygen atoms in total. The van der Waals surface area contributed by atoms with Gasteiger partial charge in [-0.2, -0.15) is 0 Å². The van der Waals surface area contributed by atoms with Gasteiger partial charge in [-0.1, -0.05) is 24.9 Å². The number of thiophene rings is 1. The van der Waals surface area contributed by atoms with Crippen molar-refractivity contribution in [2.45, 2.75) is 51.2 Å². The van der Waals surface area contributed by atoms with Crippen molar-refractivity contribution in [2.24, 2.45) is 5.92 Å². The van der Waals surface area contributed by atoms with E-state index in [2.05, 4.69) is 18.3 Å². The van der Waals surface area contributed by atoms with Gasteiger partial charge in [0.15, 0.2) is 0 Å². The van der Waals surface area contributed by atoms with Crippen molar-refractivity contribution in [1.82, 2.24) is 5.32 Å². The number of rotatable bonds is 5. The van der Waals surface area contributed by atoms with Crippen LogP contribution in [-0.2, 0) is 0 Å². The molecule has 1 aliphatic rings. The zero-order valence-corrected chi connectivity index (χ0v) is 12.4. The second-order valence-electron chi connectivity index (χ2n) is 5.20. The molecule has 1 heterocycles. The number of aliphatic hydroxyl groups is 1. The highest BCUT2D eigenvalue weighted by Gasteiger charge is 2.21. The van der Waals surface area contributed by atoms with E-state index in [9.17, 15) is 5.11 Å². The van der Waals surface area contributed by atoms with Gasteiger partial charge in [0, 0.05) is 10.9 Å². The molecular formula is C14H22ClNOS. The van der Waals surface area contributed by atoms with Crippen molar-refractivity contribution in [3.8, 4) is 0 Å². The van der Waals surface area contributed by atoms with Crippen molar-refractivity contribution in [2.75, 3.05) is 6.54 Å². The normalized spacial score (nSPS) is 26.2. The lowest BCUT2D eigenvalue weighted by Crippen LogP contribution is -2.31. The summed E-state index contributed by atoms with van der Waals surface area (Å²) in [5, 5.41) is 13.3.